The van der Waals surface area contributed by atoms with Crippen LogP contribution in [0.15, 0.2) is 115 Å². The van der Waals surface area contributed by atoms with Crippen LogP contribution >= 0.6 is 7.26 Å². The predicted molar refractivity (Wildman–Crippen MR) is 148 cm³/mol. The molecule has 1 N–H and O–H groups in total. The molecule has 4 aromatic carbocycles. The summed E-state index contributed by atoms with van der Waals surface area (Å²) in [6.07, 6.45) is 0.540. The Bertz CT molecular complexity index is 1190. The summed E-state index contributed by atoms with van der Waals surface area (Å²) >= 11 is 0. The van der Waals surface area contributed by atoms with Gasteiger partial charge in [0, 0.05) is 6.54 Å². The molecule has 0 saturated heterocycles. The van der Waals surface area contributed by atoms with Gasteiger partial charge in [0.1, 0.15) is 28.8 Å². The van der Waals surface area contributed by atoms with Crippen molar-refractivity contribution in [3.05, 3.63) is 126 Å². The molecule has 36 heavy (non-hydrogen) atoms. The van der Waals surface area contributed by atoms with Crippen LogP contribution < -0.4 is 38.2 Å². The zero-order valence-electron chi connectivity index (χ0n) is 21.0. The van der Waals surface area contributed by atoms with Gasteiger partial charge >= 0.3 is 6.09 Å². The number of nitrogens with one attached hydrogen (secondary N) is 1. The minimum Gasteiger partial charge on any atom is -1.00 e. The third kappa shape index (κ3) is 6.84. The minimum absolute atomic E-state index is 0. The summed E-state index contributed by atoms with van der Waals surface area (Å²) in [6.45, 7) is 6.02. The van der Waals surface area contributed by atoms with E-state index in [0.717, 1.165) is 11.7 Å². The van der Waals surface area contributed by atoms with Crippen LogP contribution in [0.5, 0.6) is 0 Å². The fourth-order valence-electron chi connectivity index (χ4n) is 4.30. The molecule has 0 bridgehead atoms. The molecule has 0 heterocycles. The number of benzene rings is 4. The van der Waals surface area contributed by atoms with Gasteiger partial charge in [-0.15, -0.1) is 0 Å². The molecule has 0 saturated carbocycles. The predicted octanol–water partition coefficient (Wildman–Crippen LogP) is 3.21. The van der Waals surface area contributed by atoms with Gasteiger partial charge in [-0.25, -0.2) is 4.79 Å². The topological polar surface area (TPSA) is 38.3 Å². The summed E-state index contributed by atoms with van der Waals surface area (Å²) < 4.78 is 5.37. The van der Waals surface area contributed by atoms with Crippen LogP contribution in [-0.4, -0.2) is 11.7 Å². The number of alkyl carbamates (subject to hydrolysis) is 1. The molecule has 186 valence electrons. The molecule has 0 fully saturated rings. The van der Waals surface area contributed by atoms with Crippen molar-refractivity contribution in [1.29, 1.82) is 0 Å². The van der Waals surface area contributed by atoms with Crippen LogP contribution in [-0.2, 0) is 17.4 Å². The van der Waals surface area contributed by atoms with Crippen LogP contribution in [0.25, 0.3) is 0 Å². The Morgan fingerprint density at radius 2 is 1.11 bits per heavy atom. The van der Waals surface area contributed by atoms with Gasteiger partial charge in [-0.05, 0) is 68.3 Å². The van der Waals surface area contributed by atoms with Gasteiger partial charge in [0.15, 0.2) is 0 Å². The quantitative estimate of drug-likeness (QED) is 0.352. The molecule has 0 atom stereocenters. The first-order chi connectivity index (χ1) is 16.9. The molecule has 0 aromatic heterocycles. The van der Waals surface area contributed by atoms with Gasteiger partial charge in [0.25, 0.3) is 0 Å². The number of hydrogen-bond acceptors (Lipinski definition) is 2. The molecule has 3 nitrogen and oxygen atoms in total. The van der Waals surface area contributed by atoms with Crippen molar-refractivity contribution < 1.29 is 26.5 Å². The van der Waals surface area contributed by atoms with E-state index in [4.69, 9.17) is 4.74 Å². The maximum absolute atomic E-state index is 12.1. The number of carbonyl (C=O) groups is 1. The fourth-order valence-corrected chi connectivity index (χ4v) is 8.52. The lowest BCUT2D eigenvalue weighted by Crippen LogP contribution is -3.00. The summed E-state index contributed by atoms with van der Waals surface area (Å²) in [5.74, 6) is 0. The lowest BCUT2D eigenvalue weighted by atomic mass is 10.2. The van der Waals surface area contributed by atoms with Gasteiger partial charge in [-0.2, -0.15) is 0 Å². The number of rotatable bonds is 7. The molecule has 0 radical (unpaired) electrons. The van der Waals surface area contributed by atoms with E-state index >= 15 is 0 Å². The average molecular weight is 562 g/mol. The molecule has 0 spiro atoms. The van der Waals surface area contributed by atoms with Crippen molar-refractivity contribution in [3.63, 3.8) is 0 Å². The van der Waals surface area contributed by atoms with Crippen molar-refractivity contribution >= 4 is 29.3 Å². The maximum Gasteiger partial charge on any atom is 0.407 e. The first-order valence-corrected chi connectivity index (χ1v) is 13.9. The molecule has 0 aliphatic carbocycles. The highest BCUT2D eigenvalue weighted by Gasteiger charge is 2.45. The Labute approximate surface area is 226 Å². The number of ether oxygens (including phenoxy) is 1. The summed E-state index contributed by atoms with van der Waals surface area (Å²) in [6, 6.07) is 41.2. The zero-order chi connectivity index (χ0) is 24.7. The average Bonchev–Trinajstić information content (AvgIpc) is 2.87. The van der Waals surface area contributed by atoms with Gasteiger partial charge in [0.2, 0.25) is 0 Å². The van der Waals surface area contributed by atoms with Gasteiger partial charge in [0.05, 0.1) is 6.16 Å². The third-order valence-corrected chi connectivity index (χ3v) is 10.2. The number of carbonyl (C=O) groups excluding carboxylic acids is 1. The summed E-state index contributed by atoms with van der Waals surface area (Å²) in [5, 5.41) is 6.90. The fraction of sp³-hybridized carbons (Fsp3) is 0.194. The molecule has 4 rings (SSSR count). The van der Waals surface area contributed by atoms with Crippen molar-refractivity contribution in [3.8, 4) is 0 Å². The Kier molecular flexibility index (Phi) is 9.48. The van der Waals surface area contributed by atoms with E-state index in [1.165, 1.54) is 21.5 Å². The molecule has 0 unspecified atom stereocenters. The highest BCUT2D eigenvalue weighted by Crippen LogP contribution is 2.58. The van der Waals surface area contributed by atoms with Crippen molar-refractivity contribution in [2.45, 2.75) is 39.1 Å². The van der Waals surface area contributed by atoms with Gasteiger partial charge in [-0.3, -0.25) is 0 Å². The molecular weight excluding hydrogens is 529 g/mol. The Morgan fingerprint density at radius 3 is 1.58 bits per heavy atom. The highest BCUT2D eigenvalue weighted by molar-refractivity contribution is 7.95. The standard InChI is InChI=1S/C31H32NO2P.BrH/c1-31(2,3)34-30(33)32-23-25-19-21-29(22-20-25)35(27-15-9-5-10-16-27,28-17-11-6-12-18-28)24-26-13-7-4-8-14-26;/h4-22H,23-24H2,1-3H3;1H. The normalized spacial score (nSPS) is 11.3. The lowest BCUT2D eigenvalue weighted by molar-refractivity contribution is -0.0000287. The van der Waals surface area contributed by atoms with Gasteiger partial charge < -0.3 is 27.0 Å². The zero-order valence-corrected chi connectivity index (χ0v) is 23.5. The van der Waals surface area contributed by atoms with E-state index in [1.54, 1.807) is 0 Å². The molecule has 4 aromatic rings. The third-order valence-electron chi connectivity index (χ3n) is 5.87. The summed E-state index contributed by atoms with van der Waals surface area (Å²) in [4.78, 5) is 12.1. The van der Waals surface area contributed by atoms with E-state index in [0.29, 0.717) is 6.54 Å². The number of halogens is 1. The molecular formula is C31H33BrNO2P. The monoisotopic (exact) mass is 561 g/mol. The van der Waals surface area contributed by atoms with Crippen LogP contribution in [0, 0.1) is 0 Å². The van der Waals surface area contributed by atoms with E-state index in [2.05, 4.69) is 121 Å². The van der Waals surface area contributed by atoms with Crippen LogP contribution in [0.4, 0.5) is 4.79 Å². The second-order valence-electron chi connectivity index (χ2n) is 9.65. The Balaban J connectivity index is 0.00000361. The lowest BCUT2D eigenvalue weighted by Gasteiger charge is -2.28. The van der Waals surface area contributed by atoms with Gasteiger partial charge in [-0.1, -0.05) is 78.9 Å². The maximum atomic E-state index is 12.1. The largest absolute Gasteiger partial charge is 1.00 e. The summed E-state index contributed by atoms with van der Waals surface area (Å²) in [7, 11) is -1.97. The molecule has 5 heteroatoms. The highest BCUT2D eigenvalue weighted by atomic mass is 79.9. The minimum atomic E-state index is -1.97. The second kappa shape index (κ2) is 12.3. The second-order valence-corrected chi connectivity index (χ2v) is 13.1. The number of hydrogen-bond donors (Lipinski definition) is 1. The van der Waals surface area contributed by atoms with Crippen LogP contribution in [0.1, 0.15) is 31.9 Å². The Morgan fingerprint density at radius 1 is 0.667 bits per heavy atom. The van der Waals surface area contributed by atoms with E-state index in [9.17, 15) is 4.79 Å². The SMILES string of the molecule is CC(C)(C)OC(=O)NCc1ccc([P+](Cc2ccccc2)(c2ccccc2)c2ccccc2)cc1.[Br-]. The molecule has 0 aliphatic rings. The first kappa shape index (κ1) is 27.6. The van der Waals surface area contributed by atoms with E-state index < -0.39 is 19.0 Å². The van der Waals surface area contributed by atoms with E-state index in [-0.39, 0.29) is 17.0 Å². The van der Waals surface area contributed by atoms with Crippen LogP contribution in [0.3, 0.4) is 0 Å². The Hall–Kier alpha value is -2.94. The van der Waals surface area contributed by atoms with Crippen molar-refractivity contribution in [1.82, 2.24) is 5.32 Å². The van der Waals surface area contributed by atoms with Crippen molar-refractivity contribution in [2.75, 3.05) is 0 Å². The van der Waals surface area contributed by atoms with Crippen molar-refractivity contribution in [2.24, 2.45) is 0 Å². The first-order valence-electron chi connectivity index (χ1n) is 12.0. The van der Waals surface area contributed by atoms with E-state index in [1.807, 2.05) is 20.8 Å². The molecule has 1 amide bonds. The smallest absolute Gasteiger partial charge is 0.407 e. The van der Waals surface area contributed by atoms with Crippen LogP contribution in [0.2, 0.25) is 0 Å². The molecule has 0 aliphatic heterocycles. The summed E-state index contributed by atoms with van der Waals surface area (Å²) in [5.41, 5.74) is 1.85. The number of amides is 1.